The number of carboxylic acids is 1. The van der Waals surface area contributed by atoms with Gasteiger partial charge in [-0.2, -0.15) is 13.2 Å². The topological polar surface area (TPSA) is 55.1 Å². The molecule has 1 unspecified atom stereocenters. The summed E-state index contributed by atoms with van der Waals surface area (Å²) in [6, 6.07) is 8.33. The number of aliphatic carboxylic acids is 1. The molecule has 0 saturated heterocycles. The van der Waals surface area contributed by atoms with Gasteiger partial charge in [-0.1, -0.05) is 19.1 Å². The minimum Gasteiger partial charge on any atom is -0.481 e. The maximum atomic E-state index is 12.8. The van der Waals surface area contributed by atoms with Gasteiger partial charge in [0.2, 0.25) is 0 Å². The highest BCUT2D eigenvalue weighted by Crippen LogP contribution is 2.34. The van der Waals surface area contributed by atoms with E-state index in [1.54, 1.807) is 12.3 Å². The molecule has 4 nitrogen and oxygen atoms in total. The van der Waals surface area contributed by atoms with Crippen LogP contribution in [0.25, 0.3) is 11.0 Å². The molecule has 0 saturated carbocycles. The summed E-state index contributed by atoms with van der Waals surface area (Å²) in [6.07, 6.45) is -2.29. The molecule has 0 radical (unpaired) electrons. The van der Waals surface area contributed by atoms with E-state index in [-0.39, 0.29) is 12.5 Å². The molecule has 0 fully saturated rings. The molecule has 0 aliphatic rings. The first-order valence-corrected chi connectivity index (χ1v) is 8.59. The number of alkyl halides is 3. The lowest BCUT2D eigenvalue weighted by molar-refractivity contribution is -0.138. The van der Waals surface area contributed by atoms with E-state index in [0.717, 1.165) is 23.2 Å². The highest BCUT2D eigenvalue weighted by molar-refractivity contribution is 5.87. The first kappa shape index (κ1) is 18.9. The van der Waals surface area contributed by atoms with E-state index in [1.807, 2.05) is 24.5 Å². The van der Waals surface area contributed by atoms with Crippen molar-refractivity contribution in [2.75, 3.05) is 0 Å². The molecular weight excluding hydrogens is 357 g/mol. The Hall–Kier alpha value is -2.83. The lowest BCUT2D eigenvalue weighted by Crippen LogP contribution is -2.13. The smallest absolute Gasteiger partial charge is 0.416 e. The molecule has 2 aromatic heterocycles. The number of hydrogen-bond acceptors (Lipinski definition) is 2. The van der Waals surface area contributed by atoms with Crippen LogP contribution in [0.15, 0.2) is 42.6 Å². The zero-order chi connectivity index (χ0) is 19.8. The maximum Gasteiger partial charge on any atom is 0.416 e. The largest absolute Gasteiger partial charge is 0.481 e. The molecule has 0 aliphatic heterocycles. The minimum absolute atomic E-state index is 0.127. The predicted molar refractivity (Wildman–Crippen MR) is 95.7 cm³/mol. The van der Waals surface area contributed by atoms with E-state index in [1.165, 1.54) is 12.1 Å². The highest BCUT2D eigenvalue weighted by Gasteiger charge is 2.30. The number of carboxylic acid groups (broad SMARTS) is 1. The number of pyridine rings is 1. The van der Waals surface area contributed by atoms with E-state index in [4.69, 9.17) is 0 Å². The van der Waals surface area contributed by atoms with Crippen LogP contribution in [0.5, 0.6) is 0 Å². The summed E-state index contributed by atoms with van der Waals surface area (Å²) in [6.45, 7) is 3.80. The summed E-state index contributed by atoms with van der Waals surface area (Å²) in [5, 5.41) is 10.0. The molecule has 142 valence electrons. The van der Waals surface area contributed by atoms with Gasteiger partial charge in [0.15, 0.2) is 0 Å². The quantitative estimate of drug-likeness (QED) is 0.692. The molecule has 1 N–H and O–H groups in total. The van der Waals surface area contributed by atoms with Gasteiger partial charge >= 0.3 is 12.1 Å². The van der Waals surface area contributed by atoms with Crippen LogP contribution in [-0.4, -0.2) is 20.6 Å². The van der Waals surface area contributed by atoms with Crippen molar-refractivity contribution in [2.45, 2.75) is 38.9 Å². The summed E-state index contributed by atoms with van der Waals surface area (Å²) in [7, 11) is 0. The average molecular weight is 376 g/mol. The molecule has 1 atom stereocenters. The van der Waals surface area contributed by atoms with E-state index in [2.05, 4.69) is 4.98 Å². The Bertz CT molecular complexity index is 975. The lowest BCUT2D eigenvalue weighted by atomic mass is 10.0. The zero-order valence-corrected chi connectivity index (χ0v) is 14.9. The number of fused-ring (bicyclic) bond motifs is 1. The lowest BCUT2D eigenvalue weighted by Gasteiger charge is -2.19. The van der Waals surface area contributed by atoms with Crippen molar-refractivity contribution in [1.29, 1.82) is 0 Å². The van der Waals surface area contributed by atoms with Gasteiger partial charge in [0.1, 0.15) is 5.65 Å². The number of carbonyl (C=O) groups is 1. The molecule has 1 aromatic carbocycles. The summed E-state index contributed by atoms with van der Waals surface area (Å²) in [4.78, 5) is 15.7. The van der Waals surface area contributed by atoms with Crippen molar-refractivity contribution in [1.82, 2.24) is 9.55 Å². The van der Waals surface area contributed by atoms with Crippen LogP contribution in [0.4, 0.5) is 13.2 Å². The number of benzene rings is 1. The Labute approximate surface area is 154 Å². The second-order valence-electron chi connectivity index (χ2n) is 6.39. The second-order valence-corrected chi connectivity index (χ2v) is 6.39. The standard InChI is InChI=1S/C20H19F3N2O2/c1-3-17-16(11-18(26)27)15-5-4-10-24-19(15)25(17)12(2)13-6-8-14(9-7-13)20(21,22)23/h4-10,12H,3,11H2,1-2H3,(H,26,27). The number of halogens is 3. The summed E-state index contributed by atoms with van der Waals surface area (Å²) in [5.74, 6) is -0.935. The van der Waals surface area contributed by atoms with E-state index in [9.17, 15) is 23.1 Å². The molecule has 27 heavy (non-hydrogen) atoms. The first-order chi connectivity index (χ1) is 12.7. The Morgan fingerprint density at radius 2 is 1.89 bits per heavy atom. The van der Waals surface area contributed by atoms with Crippen LogP contribution in [-0.2, 0) is 23.8 Å². The van der Waals surface area contributed by atoms with Crippen molar-refractivity contribution in [3.8, 4) is 0 Å². The van der Waals surface area contributed by atoms with Crippen molar-refractivity contribution in [3.05, 3.63) is 65.0 Å². The number of hydrogen-bond donors (Lipinski definition) is 1. The third kappa shape index (κ3) is 3.54. The Morgan fingerprint density at radius 3 is 2.44 bits per heavy atom. The van der Waals surface area contributed by atoms with Crippen LogP contribution in [0.3, 0.4) is 0 Å². The van der Waals surface area contributed by atoms with Crippen LogP contribution < -0.4 is 0 Å². The van der Waals surface area contributed by atoms with E-state index < -0.39 is 17.7 Å². The van der Waals surface area contributed by atoms with E-state index in [0.29, 0.717) is 23.2 Å². The van der Waals surface area contributed by atoms with Crippen molar-refractivity contribution in [2.24, 2.45) is 0 Å². The van der Waals surface area contributed by atoms with Gasteiger partial charge in [-0.3, -0.25) is 4.79 Å². The van der Waals surface area contributed by atoms with E-state index >= 15 is 0 Å². The summed E-state index contributed by atoms with van der Waals surface area (Å²) >= 11 is 0. The Morgan fingerprint density at radius 1 is 1.22 bits per heavy atom. The second kappa shape index (κ2) is 7.06. The number of aromatic nitrogens is 2. The van der Waals surface area contributed by atoms with Gasteiger partial charge in [0.25, 0.3) is 0 Å². The summed E-state index contributed by atoms with van der Waals surface area (Å²) in [5.41, 5.74) is 2.17. The third-order valence-electron chi connectivity index (χ3n) is 4.75. The molecule has 0 amide bonds. The van der Waals surface area contributed by atoms with Crippen LogP contribution in [0.2, 0.25) is 0 Å². The van der Waals surface area contributed by atoms with Crippen LogP contribution in [0, 0.1) is 0 Å². The molecule has 7 heteroatoms. The highest BCUT2D eigenvalue weighted by atomic mass is 19.4. The number of rotatable bonds is 5. The van der Waals surface area contributed by atoms with Gasteiger partial charge in [-0.25, -0.2) is 4.98 Å². The van der Waals surface area contributed by atoms with Crippen molar-refractivity contribution < 1.29 is 23.1 Å². The Balaban J connectivity index is 2.14. The van der Waals surface area contributed by atoms with Gasteiger partial charge in [-0.05, 0) is 48.7 Å². The SMILES string of the molecule is CCc1c(CC(=O)O)c2cccnc2n1C(C)c1ccc(C(F)(F)F)cc1. The summed E-state index contributed by atoms with van der Waals surface area (Å²) < 4.78 is 40.4. The zero-order valence-electron chi connectivity index (χ0n) is 14.9. The molecule has 0 bridgehead atoms. The third-order valence-corrected chi connectivity index (χ3v) is 4.75. The fourth-order valence-corrected chi connectivity index (χ4v) is 3.50. The monoisotopic (exact) mass is 376 g/mol. The molecule has 2 heterocycles. The van der Waals surface area contributed by atoms with Gasteiger partial charge in [0.05, 0.1) is 18.0 Å². The fourth-order valence-electron chi connectivity index (χ4n) is 3.50. The number of nitrogens with zero attached hydrogens (tertiary/aromatic N) is 2. The normalized spacial score (nSPS) is 13.1. The van der Waals surface area contributed by atoms with Gasteiger partial charge in [-0.15, -0.1) is 0 Å². The first-order valence-electron chi connectivity index (χ1n) is 8.59. The molecule has 0 aliphatic carbocycles. The average Bonchev–Trinajstić information content (AvgIpc) is 2.93. The van der Waals surface area contributed by atoms with Gasteiger partial charge < -0.3 is 9.67 Å². The molecular formula is C20H19F3N2O2. The maximum absolute atomic E-state index is 12.8. The predicted octanol–water partition coefficient (Wildman–Crippen LogP) is 4.85. The van der Waals surface area contributed by atoms with Crippen molar-refractivity contribution >= 4 is 17.0 Å². The molecule has 3 rings (SSSR count). The molecule has 3 aromatic rings. The van der Waals surface area contributed by atoms with Crippen LogP contribution in [0.1, 0.15) is 42.3 Å². The molecule has 0 spiro atoms. The fraction of sp³-hybridized carbons (Fsp3) is 0.300. The van der Waals surface area contributed by atoms with Crippen LogP contribution >= 0.6 is 0 Å². The van der Waals surface area contributed by atoms with Gasteiger partial charge in [0, 0.05) is 17.3 Å². The minimum atomic E-state index is -4.38. The Kier molecular flexibility index (Phi) is 4.95. The van der Waals surface area contributed by atoms with Crippen molar-refractivity contribution in [3.63, 3.8) is 0 Å².